The molecular formula is C28H39ClN7O10PS. The van der Waals surface area contributed by atoms with Crippen LogP contribution in [0.25, 0.3) is 11.2 Å². The normalized spacial score (nSPS) is 25.1. The van der Waals surface area contributed by atoms with E-state index >= 15 is 0 Å². The molecule has 0 radical (unpaired) electrons. The number of nitrogens with two attached hydrogens (primary N) is 1. The Morgan fingerprint density at radius 2 is 1.96 bits per heavy atom. The van der Waals surface area contributed by atoms with Crippen molar-refractivity contribution in [1.82, 2.24) is 24.6 Å². The molecule has 264 valence electrons. The van der Waals surface area contributed by atoms with Crippen LogP contribution < -0.4 is 19.6 Å². The number of ether oxygens (including phenoxy) is 2. The summed E-state index contributed by atoms with van der Waals surface area (Å²) in [6, 6.07) is 5.98. The number of nitrogens with zero attached hydrogens (tertiary/aromatic N) is 5. The van der Waals surface area contributed by atoms with Crippen LogP contribution in [0.2, 0.25) is 5.02 Å². The van der Waals surface area contributed by atoms with E-state index in [4.69, 9.17) is 35.9 Å². The van der Waals surface area contributed by atoms with E-state index < -0.39 is 66.0 Å². The zero-order chi connectivity index (χ0) is 35.2. The van der Waals surface area contributed by atoms with Crippen molar-refractivity contribution in [2.45, 2.75) is 82.6 Å². The van der Waals surface area contributed by atoms with Crippen molar-refractivity contribution in [2.24, 2.45) is 0 Å². The molecule has 5 atom stereocenters. The van der Waals surface area contributed by atoms with Crippen LogP contribution in [0, 0.1) is 0 Å². The van der Waals surface area contributed by atoms with Crippen molar-refractivity contribution in [3.63, 3.8) is 0 Å². The van der Waals surface area contributed by atoms with Crippen LogP contribution in [-0.4, -0.2) is 93.0 Å². The van der Waals surface area contributed by atoms with Crippen LogP contribution in [0.4, 0.5) is 11.8 Å². The lowest BCUT2D eigenvalue weighted by Gasteiger charge is -2.41. The summed E-state index contributed by atoms with van der Waals surface area (Å²) in [7, 11) is -8.18. The highest BCUT2D eigenvalue weighted by molar-refractivity contribution is 7.92. The van der Waals surface area contributed by atoms with Crippen molar-refractivity contribution in [2.75, 3.05) is 29.4 Å². The highest BCUT2D eigenvalue weighted by Gasteiger charge is 2.56. The predicted molar refractivity (Wildman–Crippen MR) is 175 cm³/mol. The lowest BCUT2D eigenvalue weighted by molar-refractivity contribution is -0.158. The second-order valence-electron chi connectivity index (χ2n) is 12.2. The zero-order valence-electron chi connectivity index (χ0n) is 26.9. The van der Waals surface area contributed by atoms with E-state index in [1.165, 1.54) is 42.1 Å². The fraction of sp³-hybridized carbons (Fsp3) is 0.571. The number of benzene rings is 1. The molecule has 2 fully saturated rings. The van der Waals surface area contributed by atoms with Gasteiger partial charge in [-0.1, -0.05) is 11.6 Å². The number of nitrogen functional groups attached to an aromatic ring is 1. The molecule has 1 aliphatic carbocycles. The molecule has 17 nitrogen and oxygen atoms in total. The number of nitrogens with one attached hydrogen (secondary N) is 1. The summed E-state index contributed by atoms with van der Waals surface area (Å²) in [5.41, 5.74) is 2.66. The summed E-state index contributed by atoms with van der Waals surface area (Å²) in [6.45, 7) is 5.76. The Kier molecular flexibility index (Phi) is 10.0. The van der Waals surface area contributed by atoms with E-state index in [-0.39, 0.29) is 35.2 Å². The quantitative estimate of drug-likeness (QED) is 0.146. The number of hydrogen-bond acceptors (Lipinski definition) is 14. The van der Waals surface area contributed by atoms with Crippen LogP contribution in [0.1, 0.15) is 53.2 Å². The van der Waals surface area contributed by atoms with Crippen molar-refractivity contribution in [1.29, 1.82) is 0 Å². The summed E-state index contributed by atoms with van der Waals surface area (Å²) >= 11 is 6.00. The number of carbonyl (C=O) groups is 1. The van der Waals surface area contributed by atoms with E-state index in [0.717, 1.165) is 10.6 Å². The fourth-order valence-corrected chi connectivity index (χ4v) is 8.33. The lowest BCUT2D eigenvalue weighted by Crippen LogP contribution is -2.57. The minimum Gasteiger partial charge on any atom is -0.462 e. The van der Waals surface area contributed by atoms with Crippen molar-refractivity contribution in [3.8, 4) is 5.75 Å². The molecule has 48 heavy (non-hydrogen) atoms. The number of aromatic nitrogens is 4. The third-order valence-corrected chi connectivity index (χ3v) is 11.2. The minimum atomic E-state index is -4.41. The standard InChI is InChI=1S/C28H39ClN7O10PS/c1-6-36(48(5,41)42)23-20-22(32-26(30)33-23)35(15-31-20)24-27(4,39)21(37)19(45-24)14-43-47(40,46-18-10-8-17(29)9-11-18)34-28(12-7-13-28)25(38)44-16(2)3/h8-11,15-16,19,21,24,37,39H,6-7,12-14H2,1-5H3,(H,34,40)(H2,30,32,33)/t19?,21-,24?,27-,47?/m1/s1. The third kappa shape index (κ3) is 7.12. The largest absolute Gasteiger partial charge is 0.462 e. The van der Waals surface area contributed by atoms with E-state index in [0.29, 0.717) is 24.3 Å². The second-order valence-corrected chi connectivity index (χ2v) is 16.2. The molecule has 3 aromatic rings. The summed E-state index contributed by atoms with van der Waals surface area (Å²) < 4.78 is 64.6. The van der Waals surface area contributed by atoms with E-state index in [1.807, 2.05) is 0 Å². The van der Waals surface area contributed by atoms with Gasteiger partial charge in [0.1, 0.15) is 29.1 Å². The Balaban J connectivity index is 1.43. The van der Waals surface area contributed by atoms with Crippen molar-refractivity contribution in [3.05, 3.63) is 35.6 Å². The number of halogens is 1. The average Bonchev–Trinajstić information content (AvgIpc) is 3.47. The number of sulfonamides is 1. The summed E-state index contributed by atoms with van der Waals surface area (Å²) in [4.78, 5) is 25.6. The van der Waals surface area contributed by atoms with Gasteiger partial charge in [0.25, 0.3) is 0 Å². The van der Waals surface area contributed by atoms with Gasteiger partial charge in [0.05, 0.1) is 25.3 Å². The van der Waals surface area contributed by atoms with Gasteiger partial charge in [-0.25, -0.2) is 18.0 Å². The Morgan fingerprint density at radius 3 is 2.52 bits per heavy atom. The number of anilines is 2. The summed E-state index contributed by atoms with van der Waals surface area (Å²) in [6.07, 6.45) is -1.17. The third-order valence-electron chi connectivity index (χ3n) is 8.09. The zero-order valence-corrected chi connectivity index (χ0v) is 29.4. The average molecular weight is 732 g/mol. The van der Waals surface area contributed by atoms with Gasteiger partial charge in [-0.05, 0) is 71.2 Å². The first-order valence-electron chi connectivity index (χ1n) is 15.1. The molecule has 2 aromatic heterocycles. The maximum atomic E-state index is 14.3. The monoisotopic (exact) mass is 731 g/mol. The molecule has 1 saturated heterocycles. The highest BCUT2D eigenvalue weighted by atomic mass is 35.5. The van der Waals surface area contributed by atoms with E-state index in [1.54, 1.807) is 20.8 Å². The molecule has 2 aliphatic rings. The van der Waals surface area contributed by atoms with Crippen LogP contribution in [-0.2, 0) is 33.4 Å². The molecular weight excluding hydrogens is 693 g/mol. The number of aliphatic hydroxyl groups is 2. The van der Waals surface area contributed by atoms with Gasteiger partial charge in [-0.3, -0.25) is 18.2 Å². The number of fused-ring (bicyclic) bond motifs is 1. The Morgan fingerprint density at radius 1 is 1.29 bits per heavy atom. The van der Waals surface area contributed by atoms with Crippen molar-refractivity contribution >= 4 is 58.3 Å². The lowest BCUT2D eigenvalue weighted by atomic mass is 9.78. The molecule has 1 aliphatic heterocycles. The van der Waals surface area contributed by atoms with Gasteiger partial charge in [-0.2, -0.15) is 15.1 Å². The summed E-state index contributed by atoms with van der Waals surface area (Å²) in [5, 5.41) is 25.9. The first kappa shape index (κ1) is 36.2. The Bertz CT molecular complexity index is 1820. The molecule has 1 saturated carbocycles. The van der Waals surface area contributed by atoms with Crippen molar-refractivity contribution < 1.29 is 46.5 Å². The molecule has 20 heteroatoms. The topological polar surface area (TPSA) is 231 Å². The number of carbonyl (C=O) groups excluding carboxylic acids is 1. The number of imidazole rings is 1. The Hall–Kier alpha value is -3.09. The fourth-order valence-electron chi connectivity index (χ4n) is 5.55. The van der Waals surface area contributed by atoms with Gasteiger partial charge < -0.3 is 29.9 Å². The van der Waals surface area contributed by atoms with Gasteiger partial charge in [0, 0.05) is 11.6 Å². The molecule has 0 amide bonds. The van der Waals surface area contributed by atoms with Gasteiger partial charge in [0.15, 0.2) is 23.2 Å². The van der Waals surface area contributed by atoms with Gasteiger partial charge in [0.2, 0.25) is 16.0 Å². The molecule has 5 N–H and O–H groups in total. The highest BCUT2D eigenvalue weighted by Crippen LogP contribution is 2.51. The first-order chi connectivity index (χ1) is 22.4. The first-order valence-corrected chi connectivity index (χ1v) is 18.9. The van der Waals surface area contributed by atoms with Crippen LogP contribution in [0.3, 0.4) is 0 Å². The molecule has 3 heterocycles. The smallest absolute Gasteiger partial charge is 0.459 e. The second kappa shape index (κ2) is 13.3. The molecule has 3 unspecified atom stereocenters. The van der Waals surface area contributed by atoms with Crippen LogP contribution in [0.5, 0.6) is 5.75 Å². The van der Waals surface area contributed by atoms with E-state index in [9.17, 15) is 28.0 Å². The number of esters is 1. The summed E-state index contributed by atoms with van der Waals surface area (Å²) in [5.74, 6) is -0.844. The molecule has 0 spiro atoms. The maximum Gasteiger partial charge on any atom is 0.459 e. The Labute approximate surface area is 282 Å². The van der Waals surface area contributed by atoms with Crippen LogP contribution in [0.15, 0.2) is 30.6 Å². The molecule has 5 rings (SSSR count). The molecule has 1 aromatic carbocycles. The van der Waals surface area contributed by atoms with Crippen LogP contribution >= 0.6 is 19.3 Å². The number of hydrogen-bond donors (Lipinski definition) is 4. The van der Waals surface area contributed by atoms with E-state index in [2.05, 4.69) is 20.0 Å². The number of rotatable bonds is 13. The molecule has 0 bridgehead atoms. The van der Waals surface area contributed by atoms with Gasteiger partial charge in [-0.15, -0.1) is 0 Å². The predicted octanol–water partition coefficient (Wildman–Crippen LogP) is 2.52. The number of aliphatic hydroxyl groups excluding tert-OH is 1. The SMILES string of the molecule is CCN(c1nc(N)nc2c1ncn2C1OC(COP(=O)(NC2(C(=O)OC(C)C)CCC2)Oc2ccc(Cl)cc2)[C@@H](O)[C@@]1(C)O)S(C)(=O)=O. The minimum absolute atomic E-state index is 0.0210. The maximum absolute atomic E-state index is 14.3. The van der Waals surface area contributed by atoms with Gasteiger partial charge >= 0.3 is 13.7 Å².